The van der Waals surface area contributed by atoms with Gasteiger partial charge in [0, 0.05) is 52.9 Å². The van der Waals surface area contributed by atoms with E-state index in [0.717, 1.165) is 50.5 Å². The molecule has 1 saturated heterocycles. The minimum Gasteiger partial charge on any atom is -0.356 e. The number of rotatable bonds is 3. The molecule has 0 N–H and O–H groups in total. The Hall–Kier alpha value is -2.70. The molecule has 0 radical (unpaired) electrons. The number of amides is 1. The van der Waals surface area contributed by atoms with Gasteiger partial charge in [-0.1, -0.05) is 6.07 Å². The highest BCUT2D eigenvalue weighted by Gasteiger charge is 2.44. The molecule has 7 heteroatoms. The van der Waals surface area contributed by atoms with E-state index >= 15 is 0 Å². The van der Waals surface area contributed by atoms with Crippen molar-refractivity contribution < 1.29 is 4.79 Å². The fourth-order valence-electron chi connectivity index (χ4n) is 4.42. The van der Waals surface area contributed by atoms with E-state index in [2.05, 4.69) is 14.9 Å². The van der Waals surface area contributed by atoms with Crippen LogP contribution in [0.3, 0.4) is 0 Å². The number of anilines is 2. The number of aromatic nitrogens is 3. The van der Waals surface area contributed by atoms with Crippen LogP contribution >= 0.6 is 0 Å². The van der Waals surface area contributed by atoms with Gasteiger partial charge in [-0.05, 0) is 43.4 Å². The first-order valence-corrected chi connectivity index (χ1v) is 9.87. The average molecular weight is 380 g/mol. The second-order valence-electron chi connectivity index (χ2n) is 8.32. The number of pyridine rings is 1. The minimum atomic E-state index is -0.0665. The predicted molar refractivity (Wildman–Crippen MR) is 110 cm³/mol. The topological polar surface area (TPSA) is 65.5 Å². The lowest BCUT2D eigenvalue weighted by atomic mass is 9.77. The van der Waals surface area contributed by atoms with E-state index in [9.17, 15) is 4.79 Å². The molecule has 1 aliphatic heterocycles. The van der Waals surface area contributed by atoms with E-state index < -0.39 is 0 Å². The molecule has 28 heavy (non-hydrogen) atoms. The standard InChI is InChI=1S/C21H28N6O/c1-25(2)19(28)16-7-5-8-17(23-16)27-12-6-10-21(14-27)11-9-15-13-22-20(26(3)4)24-18(15)21/h5,7-8,13H,6,9-12,14H2,1-4H3. The predicted octanol–water partition coefficient (Wildman–Crippen LogP) is 2.12. The van der Waals surface area contributed by atoms with Crippen LogP contribution in [0.5, 0.6) is 0 Å². The van der Waals surface area contributed by atoms with Crippen molar-refractivity contribution in [1.29, 1.82) is 0 Å². The second kappa shape index (κ2) is 7.04. The molecule has 1 spiro atoms. The van der Waals surface area contributed by atoms with Gasteiger partial charge in [-0.15, -0.1) is 0 Å². The molecule has 2 aromatic heterocycles. The number of hydrogen-bond acceptors (Lipinski definition) is 6. The Labute approximate surface area is 166 Å². The number of hydrogen-bond donors (Lipinski definition) is 0. The summed E-state index contributed by atoms with van der Waals surface area (Å²) in [6.45, 7) is 1.84. The van der Waals surface area contributed by atoms with Crippen molar-refractivity contribution in [2.45, 2.75) is 31.1 Å². The van der Waals surface area contributed by atoms with E-state index in [1.54, 1.807) is 25.1 Å². The van der Waals surface area contributed by atoms with Crippen LogP contribution in [0.15, 0.2) is 24.4 Å². The number of aryl methyl sites for hydroxylation is 1. The van der Waals surface area contributed by atoms with Gasteiger partial charge in [-0.2, -0.15) is 0 Å². The lowest BCUT2D eigenvalue weighted by molar-refractivity contribution is 0.0822. The number of carbonyl (C=O) groups excluding carboxylic acids is 1. The summed E-state index contributed by atoms with van der Waals surface area (Å²) in [5.74, 6) is 1.58. The minimum absolute atomic E-state index is 0.0462. The van der Waals surface area contributed by atoms with Gasteiger partial charge in [0.05, 0.1) is 5.69 Å². The van der Waals surface area contributed by atoms with Crippen LogP contribution < -0.4 is 9.80 Å². The quantitative estimate of drug-likeness (QED) is 0.813. The second-order valence-corrected chi connectivity index (χ2v) is 8.32. The summed E-state index contributed by atoms with van der Waals surface area (Å²) >= 11 is 0. The maximum absolute atomic E-state index is 12.3. The third-order valence-corrected chi connectivity index (χ3v) is 5.89. The molecular formula is C21H28N6O. The lowest BCUT2D eigenvalue weighted by Crippen LogP contribution is -2.46. The zero-order valence-corrected chi connectivity index (χ0v) is 17.1. The van der Waals surface area contributed by atoms with Crippen molar-refractivity contribution in [3.8, 4) is 0 Å². The highest BCUT2D eigenvalue weighted by molar-refractivity contribution is 5.92. The fraction of sp³-hybridized carbons (Fsp3) is 0.524. The van der Waals surface area contributed by atoms with Crippen LogP contribution in [0.4, 0.5) is 11.8 Å². The summed E-state index contributed by atoms with van der Waals surface area (Å²) in [5, 5.41) is 0. The van der Waals surface area contributed by atoms with E-state index in [1.807, 2.05) is 37.3 Å². The molecule has 2 aliphatic rings. The maximum Gasteiger partial charge on any atom is 0.272 e. The molecular weight excluding hydrogens is 352 g/mol. The highest BCUT2D eigenvalue weighted by atomic mass is 16.2. The molecule has 1 atom stereocenters. The van der Waals surface area contributed by atoms with Gasteiger partial charge >= 0.3 is 0 Å². The molecule has 0 aromatic carbocycles. The number of carbonyl (C=O) groups is 1. The van der Waals surface area contributed by atoms with Crippen molar-refractivity contribution in [3.05, 3.63) is 41.3 Å². The molecule has 1 aliphatic carbocycles. The van der Waals surface area contributed by atoms with E-state index in [0.29, 0.717) is 5.69 Å². The average Bonchev–Trinajstić information content (AvgIpc) is 3.04. The fourth-order valence-corrected chi connectivity index (χ4v) is 4.42. The summed E-state index contributed by atoms with van der Waals surface area (Å²) < 4.78 is 0. The van der Waals surface area contributed by atoms with Crippen LogP contribution in [0, 0.1) is 0 Å². The summed E-state index contributed by atoms with van der Waals surface area (Å²) in [5.41, 5.74) is 3.02. The van der Waals surface area contributed by atoms with Gasteiger partial charge in [0.15, 0.2) is 0 Å². The molecule has 3 heterocycles. The van der Waals surface area contributed by atoms with Crippen LogP contribution in [0.25, 0.3) is 0 Å². The number of piperidine rings is 1. The van der Waals surface area contributed by atoms with Gasteiger partial charge in [-0.3, -0.25) is 4.79 Å². The summed E-state index contributed by atoms with van der Waals surface area (Å²) in [4.78, 5) is 32.3. The zero-order valence-electron chi connectivity index (χ0n) is 17.1. The van der Waals surface area contributed by atoms with Crippen LogP contribution in [0.1, 0.15) is 41.0 Å². The molecule has 1 unspecified atom stereocenters. The van der Waals surface area contributed by atoms with E-state index in [4.69, 9.17) is 4.98 Å². The van der Waals surface area contributed by atoms with Crippen LogP contribution in [-0.2, 0) is 11.8 Å². The first-order valence-electron chi connectivity index (χ1n) is 9.87. The van der Waals surface area contributed by atoms with E-state index in [-0.39, 0.29) is 11.3 Å². The van der Waals surface area contributed by atoms with Crippen LogP contribution in [-0.4, -0.2) is 67.0 Å². The molecule has 0 bridgehead atoms. The van der Waals surface area contributed by atoms with Gasteiger partial charge in [0.2, 0.25) is 5.95 Å². The SMILES string of the molecule is CN(C)C(=O)c1cccc(N2CCCC3(CCc4cnc(N(C)C)nc43)C2)n1. The van der Waals surface area contributed by atoms with Crippen molar-refractivity contribution >= 4 is 17.7 Å². The molecule has 1 fully saturated rings. The molecule has 7 nitrogen and oxygen atoms in total. The number of nitrogens with zero attached hydrogens (tertiary/aromatic N) is 6. The van der Waals surface area contributed by atoms with Crippen LogP contribution in [0.2, 0.25) is 0 Å². The first-order chi connectivity index (χ1) is 13.4. The lowest BCUT2D eigenvalue weighted by Gasteiger charge is -2.41. The highest BCUT2D eigenvalue weighted by Crippen LogP contribution is 2.44. The summed E-state index contributed by atoms with van der Waals surface area (Å²) in [6.07, 6.45) is 6.36. The Balaban J connectivity index is 1.64. The Bertz CT molecular complexity index is 892. The van der Waals surface area contributed by atoms with Crippen molar-refractivity contribution in [1.82, 2.24) is 19.9 Å². The normalized spacial score (nSPS) is 20.9. The number of fused-ring (bicyclic) bond motifs is 2. The van der Waals surface area contributed by atoms with Gasteiger partial charge in [-0.25, -0.2) is 15.0 Å². The zero-order chi connectivity index (χ0) is 19.9. The molecule has 148 valence electrons. The Kier molecular flexibility index (Phi) is 4.69. The molecule has 1 amide bonds. The monoisotopic (exact) mass is 380 g/mol. The summed E-state index contributed by atoms with van der Waals surface area (Å²) in [7, 11) is 7.47. The first kappa shape index (κ1) is 18.7. The molecule has 2 aromatic rings. The van der Waals surface area contributed by atoms with Crippen molar-refractivity contribution in [2.75, 3.05) is 51.1 Å². The largest absolute Gasteiger partial charge is 0.356 e. The Morgan fingerprint density at radius 2 is 1.96 bits per heavy atom. The third-order valence-electron chi connectivity index (χ3n) is 5.89. The van der Waals surface area contributed by atoms with Gasteiger partial charge < -0.3 is 14.7 Å². The van der Waals surface area contributed by atoms with Gasteiger partial charge in [0.1, 0.15) is 11.5 Å². The molecule has 4 rings (SSSR count). The maximum atomic E-state index is 12.3. The molecule has 0 saturated carbocycles. The third kappa shape index (κ3) is 3.19. The van der Waals surface area contributed by atoms with Crippen molar-refractivity contribution in [3.63, 3.8) is 0 Å². The smallest absolute Gasteiger partial charge is 0.272 e. The summed E-state index contributed by atoms with van der Waals surface area (Å²) in [6, 6.07) is 5.72. The Morgan fingerprint density at radius 3 is 2.71 bits per heavy atom. The Morgan fingerprint density at radius 1 is 1.14 bits per heavy atom. The van der Waals surface area contributed by atoms with Gasteiger partial charge in [0.25, 0.3) is 5.91 Å². The van der Waals surface area contributed by atoms with E-state index in [1.165, 1.54) is 11.3 Å². The van der Waals surface area contributed by atoms with Crippen molar-refractivity contribution in [2.24, 2.45) is 0 Å².